The maximum Gasteiger partial charge on any atom is 0.324 e. The molecular formula is C13H25NO3. The summed E-state index contributed by atoms with van der Waals surface area (Å²) in [6.07, 6.45) is 3.77. The zero-order valence-electron chi connectivity index (χ0n) is 11.2. The van der Waals surface area contributed by atoms with Crippen molar-refractivity contribution in [3.8, 4) is 0 Å². The van der Waals surface area contributed by atoms with E-state index >= 15 is 0 Å². The second-order valence-corrected chi connectivity index (χ2v) is 5.10. The van der Waals surface area contributed by atoms with Gasteiger partial charge in [-0.3, -0.25) is 4.79 Å². The van der Waals surface area contributed by atoms with Crippen molar-refractivity contribution in [3.63, 3.8) is 0 Å². The van der Waals surface area contributed by atoms with E-state index in [0.29, 0.717) is 13.2 Å². The summed E-state index contributed by atoms with van der Waals surface area (Å²) in [5.41, 5.74) is -0.713. The summed E-state index contributed by atoms with van der Waals surface area (Å²) in [5, 5.41) is 12.7. The molecule has 100 valence electrons. The molecule has 0 aromatic rings. The standard InChI is InChI=1S/C13H25NO3/c1-4-14-13(12(15)16)8-5-6-11(13)7-9-17-10(2)3/h10-11,14H,4-9H2,1-3H3,(H,15,16). The molecule has 1 aliphatic carbocycles. The van der Waals surface area contributed by atoms with Crippen LogP contribution >= 0.6 is 0 Å². The van der Waals surface area contributed by atoms with Crippen LogP contribution in [0.15, 0.2) is 0 Å². The van der Waals surface area contributed by atoms with Crippen LogP contribution in [0.25, 0.3) is 0 Å². The van der Waals surface area contributed by atoms with Gasteiger partial charge in [0.15, 0.2) is 0 Å². The molecule has 0 amide bonds. The van der Waals surface area contributed by atoms with E-state index in [1.54, 1.807) is 0 Å². The zero-order chi connectivity index (χ0) is 12.9. The summed E-state index contributed by atoms with van der Waals surface area (Å²) in [4.78, 5) is 11.5. The number of rotatable bonds is 7. The van der Waals surface area contributed by atoms with Crippen LogP contribution in [0.1, 0.15) is 46.5 Å². The molecule has 0 aromatic carbocycles. The average Bonchev–Trinajstić information content (AvgIpc) is 2.63. The molecule has 0 bridgehead atoms. The van der Waals surface area contributed by atoms with Gasteiger partial charge < -0.3 is 15.2 Å². The van der Waals surface area contributed by atoms with E-state index < -0.39 is 11.5 Å². The van der Waals surface area contributed by atoms with Crippen molar-refractivity contribution in [1.29, 1.82) is 0 Å². The first-order valence-electron chi connectivity index (χ1n) is 6.63. The van der Waals surface area contributed by atoms with Crippen molar-refractivity contribution in [2.24, 2.45) is 5.92 Å². The third-order valence-electron chi connectivity index (χ3n) is 3.61. The second kappa shape index (κ2) is 6.36. The van der Waals surface area contributed by atoms with Crippen LogP contribution in [0, 0.1) is 5.92 Å². The van der Waals surface area contributed by atoms with Crippen LogP contribution in [-0.4, -0.2) is 35.9 Å². The Kier molecular flexibility index (Phi) is 5.40. The van der Waals surface area contributed by atoms with E-state index in [1.807, 2.05) is 20.8 Å². The normalized spacial score (nSPS) is 28.8. The molecule has 1 aliphatic rings. The van der Waals surface area contributed by atoms with Gasteiger partial charge in [-0.25, -0.2) is 0 Å². The van der Waals surface area contributed by atoms with Gasteiger partial charge in [0, 0.05) is 6.61 Å². The highest BCUT2D eigenvalue weighted by atomic mass is 16.5. The SMILES string of the molecule is CCNC1(C(=O)O)CCCC1CCOC(C)C. The number of ether oxygens (including phenoxy) is 1. The Morgan fingerprint density at radius 3 is 2.82 bits per heavy atom. The van der Waals surface area contributed by atoms with Crippen LogP contribution < -0.4 is 5.32 Å². The lowest BCUT2D eigenvalue weighted by Crippen LogP contribution is -2.55. The van der Waals surface area contributed by atoms with E-state index in [9.17, 15) is 9.90 Å². The van der Waals surface area contributed by atoms with Gasteiger partial charge in [0.25, 0.3) is 0 Å². The lowest BCUT2D eigenvalue weighted by molar-refractivity contribution is -0.147. The third-order valence-corrected chi connectivity index (χ3v) is 3.61. The molecule has 2 N–H and O–H groups in total. The molecule has 4 nitrogen and oxygen atoms in total. The third kappa shape index (κ3) is 3.42. The minimum atomic E-state index is -0.713. The lowest BCUT2D eigenvalue weighted by atomic mass is 9.84. The summed E-state index contributed by atoms with van der Waals surface area (Å²) in [6, 6.07) is 0. The minimum absolute atomic E-state index is 0.193. The summed E-state index contributed by atoms with van der Waals surface area (Å²) < 4.78 is 5.53. The maximum absolute atomic E-state index is 11.5. The molecule has 0 radical (unpaired) electrons. The number of likely N-dealkylation sites (N-methyl/N-ethyl adjacent to an activating group) is 1. The van der Waals surface area contributed by atoms with Crippen molar-refractivity contribution in [2.75, 3.05) is 13.2 Å². The second-order valence-electron chi connectivity index (χ2n) is 5.10. The summed E-state index contributed by atoms with van der Waals surface area (Å²) in [7, 11) is 0. The van der Waals surface area contributed by atoms with Gasteiger partial charge in [0.1, 0.15) is 5.54 Å². The number of hydrogen-bond donors (Lipinski definition) is 2. The molecule has 0 heterocycles. The predicted octanol–water partition coefficient (Wildman–Crippen LogP) is 2.03. The molecule has 1 fully saturated rings. The van der Waals surface area contributed by atoms with Crippen molar-refractivity contribution in [1.82, 2.24) is 5.32 Å². The number of carboxylic acid groups (broad SMARTS) is 1. The largest absolute Gasteiger partial charge is 0.480 e. The van der Waals surface area contributed by atoms with Crippen LogP contribution in [-0.2, 0) is 9.53 Å². The van der Waals surface area contributed by atoms with Crippen LogP contribution in [0.5, 0.6) is 0 Å². The van der Waals surface area contributed by atoms with Crippen LogP contribution in [0.4, 0.5) is 0 Å². The van der Waals surface area contributed by atoms with E-state index in [-0.39, 0.29) is 12.0 Å². The molecule has 0 aliphatic heterocycles. The maximum atomic E-state index is 11.5. The molecule has 0 spiro atoms. The van der Waals surface area contributed by atoms with Gasteiger partial charge in [-0.1, -0.05) is 13.3 Å². The van der Waals surface area contributed by atoms with E-state index in [0.717, 1.165) is 25.7 Å². The Balaban J connectivity index is 2.59. The first kappa shape index (κ1) is 14.5. The zero-order valence-corrected chi connectivity index (χ0v) is 11.2. The Morgan fingerprint density at radius 2 is 2.29 bits per heavy atom. The first-order chi connectivity index (χ1) is 8.03. The Hall–Kier alpha value is -0.610. The number of carbonyl (C=O) groups is 1. The van der Waals surface area contributed by atoms with Gasteiger partial charge in [0.05, 0.1) is 6.10 Å². The number of carboxylic acids is 1. The average molecular weight is 243 g/mol. The van der Waals surface area contributed by atoms with Crippen molar-refractivity contribution in [3.05, 3.63) is 0 Å². The van der Waals surface area contributed by atoms with Gasteiger partial charge in [-0.2, -0.15) is 0 Å². The molecule has 17 heavy (non-hydrogen) atoms. The topological polar surface area (TPSA) is 58.6 Å². The lowest BCUT2D eigenvalue weighted by Gasteiger charge is -2.32. The van der Waals surface area contributed by atoms with Crippen molar-refractivity contribution < 1.29 is 14.6 Å². The molecule has 4 heteroatoms. The molecule has 2 atom stereocenters. The fourth-order valence-corrected chi connectivity index (χ4v) is 2.82. The van der Waals surface area contributed by atoms with E-state index in [4.69, 9.17) is 4.74 Å². The van der Waals surface area contributed by atoms with Gasteiger partial charge in [-0.05, 0) is 45.6 Å². The monoisotopic (exact) mass is 243 g/mol. The highest BCUT2D eigenvalue weighted by molar-refractivity contribution is 5.79. The van der Waals surface area contributed by atoms with Crippen molar-refractivity contribution in [2.45, 2.75) is 58.1 Å². The minimum Gasteiger partial charge on any atom is -0.480 e. The Bertz CT molecular complexity index is 255. The fourth-order valence-electron chi connectivity index (χ4n) is 2.82. The molecule has 1 rings (SSSR count). The predicted molar refractivity (Wildman–Crippen MR) is 67.1 cm³/mol. The first-order valence-corrected chi connectivity index (χ1v) is 6.63. The summed E-state index contributed by atoms with van der Waals surface area (Å²) in [5.74, 6) is -0.509. The van der Waals surface area contributed by atoms with E-state index in [1.165, 1.54) is 0 Å². The van der Waals surface area contributed by atoms with E-state index in [2.05, 4.69) is 5.32 Å². The number of aliphatic carboxylic acids is 1. The molecule has 2 unspecified atom stereocenters. The van der Waals surface area contributed by atoms with Crippen LogP contribution in [0.3, 0.4) is 0 Å². The summed E-state index contributed by atoms with van der Waals surface area (Å²) in [6.45, 7) is 7.33. The summed E-state index contributed by atoms with van der Waals surface area (Å²) >= 11 is 0. The highest BCUT2D eigenvalue weighted by Gasteiger charge is 2.48. The number of hydrogen-bond acceptors (Lipinski definition) is 3. The Labute approximate surface area is 104 Å². The fraction of sp³-hybridized carbons (Fsp3) is 0.923. The molecule has 1 saturated carbocycles. The van der Waals surface area contributed by atoms with Gasteiger partial charge in [0.2, 0.25) is 0 Å². The smallest absolute Gasteiger partial charge is 0.324 e. The van der Waals surface area contributed by atoms with Gasteiger partial charge >= 0.3 is 5.97 Å². The molecule has 0 aromatic heterocycles. The quantitative estimate of drug-likeness (QED) is 0.718. The molecular weight excluding hydrogens is 218 g/mol. The van der Waals surface area contributed by atoms with Crippen LogP contribution in [0.2, 0.25) is 0 Å². The molecule has 0 saturated heterocycles. The Morgan fingerprint density at radius 1 is 1.59 bits per heavy atom. The van der Waals surface area contributed by atoms with Gasteiger partial charge in [-0.15, -0.1) is 0 Å². The number of nitrogens with one attached hydrogen (secondary N) is 1. The van der Waals surface area contributed by atoms with Crippen molar-refractivity contribution >= 4 is 5.97 Å². The highest BCUT2D eigenvalue weighted by Crippen LogP contribution is 2.38.